The Morgan fingerprint density at radius 2 is 2.03 bits per heavy atom. The molecule has 9 nitrogen and oxygen atoms in total. The van der Waals surface area contributed by atoms with Crippen molar-refractivity contribution in [3.8, 4) is 5.75 Å². The fraction of sp³-hybridized carbons (Fsp3) is 0.286. The SMILES string of the molecule is O=C(Cc1cccc(OC(F)(F)F)c1)Nc1nnc(N[C@@H]2CCN(c3nc4ncc(F)cc4s3)C2)s1. The number of alkyl halides is 3. The number of hydrogen-bond donors (Lipinski definition) is 2. The van der Waals surface area contributed by atoms with Gasteiger partial charge in [-0.15, -0.1) is 23.4 Å². The second-order valence-corrected chi connectivity index (χ2v) is 9.87. The molecule has 1 fully saturated rings. The van der Waals surface area contributed by atoms with E-state index in [1.54, 1.807) is 0 Å². The van der Waals surface area contributed by atoms with Crippen molar-refractivity contribution in [3.05, 3.63) is 47.9 Å². The summed E-state index contributed by atoms with van der Waals surface area (Å²) >= 11 is 2.53. The Morgan fingerprint density at radius 1 is 1.19 bits per heavy atom. The predicted molar refractivity (Wildman–Crippen MR) is 127 cm³/mol. The molecule has 0 spiro atoms. The van der Waals surface area contributed by atoms with Crippen LogP contribution in [0.3, 0.4) is 0 Å². The molecule has 4 heterocycles. The highest BCUT2D eigenvalue weighted by atomic mass is 32.1. The molecule has 0 saturated carbocycles. The number of pyridine rings is 1. The molecule has 1 aliphatic rings. The zero-order valence-corrected chi connectivity index (χ0v) is 19.9. The van der Waals surface area contributed by atoms with Gasteiger partial charge in [-0.1, -0.05) is 34.8 Å². The summed E-state index contributed by atoms with van der Waals surface area (Å²) < 4.78 is 55.1. The van der Waals surface area contributed by atoms with Gasteiger partial charge in [-0.3, -0.25) is 4.79 Å². The maximum Gasteiger partial charge on any atom is 0.573 e. The van der Waals surface area contributed by atoms with E-state index < -0.39 is 23.8 Å². The van der Waals surface area contributed by atoms with Crippen molar-refractivity contribution in [3.63, 3.8) is 0 Å². The summed E-state index contributed by atoms with van der Waals surface area (Å²) in [5.74, 6) is -1.24. The van der Waals surface area contributed by atoms with Gasteiger partial charge in [-0.2, -0.15) is 4.98 Å². The van der Waals surface area contributed by atoms with E-state index >= 15 is 0 Å². The number of aromatic nitrogens is 4. The summed E-state index contributed by atoms with van der Waals surface area (Å²) in [6.07, 6.45) is -3.01. The van der Waals surface area contributed by atoms with E-state index in [1.165, 1.54) is 29.5 Å². The first-order chi connectivity index (χ1) is 17.2. The van der Waals surface area contributed by atoms with Crippen molar-refractivity contribution >= 4 is 54.3 Å². The predicted octanol–water partition coefficient (Wildman–Crippen LogP) is 4.45. The molecule has 36 heavy (non-hydrogen) atoms. The second kappa shape index (κ2) is 9.81. The van der Waals surface area contributed by atoms with Gasteiger partial charge in [0, 0.05) is 19.1 Å². The lowest BCUT2D eigenvalue weighted by atomic mass is 10.1. The number of ether oxygens (including phenoxy) is 1. The lowest BCUT2D eigenvalue weighted by Crippen LogP contribution is -2.25. The summed E-state index contributed by atoms with van der Waals surface area (Å²) in [6, 6.07) is 6.71. The third-order valence-electron chi connectivity index (χ3n) is 5.16. The molecule has 0 radical (unpaired) electrons. The Morgan fingerprint density at radius 3 is 2.86 bits per heavy atom. The Bertz CT molecular complexity index is 1390. The molecule has 1 saturated heterocycles. The number of halogens is 4. The van der Waals surface area contributed by atoms with E-state index in [-0.39, 0.29) is 17.6 Å². The quantitative estimate of drug-likeness (QED) is 0.332. The van der Waals surface area contributed by atoms with E-state index in [0.717, 1.165) is 47.8 Å². The van der Waals surface area contributed by atoms with Gasteiger partial charge < -0.3 is 20.3 Å². The number of anilines is 3. The van der Waals surface area contributed by atoms with Crippen LogP contribution in [0.15, 0.2) is 36.5 Å². The first-order valence-corrected chi connectivity index (χ1v) is 12.2. The van der Waals surface area contributed by atoms with Gasteiger partial charge >= 0.3 is 6.36 Å². The number of carbonyl (C=O) groups excluding carboxylic acids is 1. The van der Waals surface area contributed by atoms with Crippen LogP contribution in [0.2, 0.25) is 0 Å². The van der Waals surface area contributed by atoms with Crippen LogP contribution in [-0.2, 0) is 11.2 Å². The maximum absolute atomic E-state index is 13.4. The van der Waals surface area contributed by atoms with Gasteiger partial charge in [-0.05, 0) is 30.2 Å². The number of amides is 1. The first-order valence-electron chi connectivity index (χ1n) is 10.6. The van der Waals surface area contributed by atoms with Crippen LogP contribution in [0.4, 0.5) is 33.0 Å². The molecule has 0 aliphatic carbocycles. The van der Waals surface area contributed by atoms with Crippen LogP contribution in [0.5, 0.6) is 5.75 Å². The van der Waals surface area contributed by atoms with Gasteiger partial charge in [0.05, 0.1) is 17.3 Å². The second-order valence-electron chi connectivity index (χ2n) is 7.88. The van der Waals surface area contributed by atoms with Gasteiger partial charge in [0.15, 0.2) is 10.8 Å². The number of benzene rings is 1. The summed E-state index contributed by atoms with van der Waals surface area (Å²) in [5.41, 5.74) is 0.868. The number of carbonyl (C=O) groups is 1. The number of nitrogens with one attached hydrogen (secondary N) is 2. The number of rotatable bonds is 7. The monoisotopic (exact) mass is 539 g/mol. The zero-order valence-electron chi connectivity index (χ0n) is 18.3. The molecule has 0 unspecified atom stereocenters. The smallest absolute Gasteiger partial charge is 0.406 e. The third kappa shape index (κ3) is 5.96. The van der Waals surface area contributed by atoms with E-state index in [9.17, 15) is 22.4 Å². The Balaban J connectivity index is 1.14. The number of hydrogen-bond acceptors (Lipinski definition) is 10. The van der Waals surface area contributed by atoms with Crippen LogP contribution in [0, 0.1) is 5.82 Å². The average molecular weight is 540 g/mol. The summed E-state index contributed by atoms with van der Waals surface area (Å²) in [6.45, 7) is 1.40. The standard InChI is InChI=1S/C21H17F4N7O2S2/c22-12-8-15-17(26-9-12)29-20(35-15)32-5-4-13(10-32)27-18-30-31-19(36-18)28-16(33)7-11-2-1-3-14(6-11)34-21(23,24)25/h1-3,6,8-9,13H,4-5,7,10H2,(H,27,30)(H,28,31,33)/t13-/m1/s1. The molecule has 5 rings (SSSR count). The Labute approximate surface area is 209 Å². The van der Waals surface area contributed by atoms with Crippen LogP contribution in [0.1, 0.15) is 12.0 Å². The molecule has 3 aromatic heterocycles. The lowest BCUT2D eigenvalue weighted by molar-refractivity contribution is -0.274. The molecule has 1 amide bonds. The van der Waals surface area contributed by atoms with E-state index in [0.29, 0.717) is 27.6 Å². The Hall–Kier alpha value is -3.59. The summed E-state index contributed by atoms with van der Waals surface area (Å²) in [7, 11) is 0. The highest BCUT2D eigenvalue weighted by molar-refractivity contribution is 7.22. The van der Waals surface area contributed by atoms with Gasteiger partial charge in [0.2, 0.25) is 16.2 Å². The molecule has 15 heteroatoms. The van der Waals surface area contributed by atoms with Crippen LogP contribution < -0.4 is 20.3 Å². The molecular weight excluding hydrogens is 522 g/mol. The third-order valence-corrected chi connectivity index (χ3v) is 6.98. The minimum absolute atomic E-state index is 0.0644. The van der Waals surface area contributed by atoms with Gasteiger partial charge in [0.1, 0.15) is 11.6 Å². The zero-order chi connectivity index (χ0) is 25.3. The van der Waals surface area contributed by atoms with Crippen molar-refractivity contribution in [1.29, 1.82) is 0 Å². The van der Waals surface area contributed by atoms with Gasteiger partial charge in [0.25, 0.3) is 0 Å². The minimum Gasteiger partial charge on any atom is -0.406 e. The molecule has 1 aliphatic heterocycles. The maximum atomic E-state index is 13.4. The van der Waals surface area contributed by atoms with E-state index in [1.807, 2.05) is 0 Å². The number of nitrogens with zero attached hydrogens (tertiary/aromatic N) is 5. The van der Waals surface area contributed by atoms with E-state index in [4.69, 9.17) is 0 Å². The van der Waals surface area contributed by atoms with Crippen molar-refractivity contribution < 1.29 is 27.1 Å². The molecule has 0 bridgehead atoms. The number of thiazole rings is 1. The van der Waals surface area contributed by atoms with Gasteiger partial charge in [-0.25, -0.2) is 9.37 Å². The van der Waals surface area contributed by atoms with Crippen molar-refractivity contribution in [1.82, 2.24) is 20.2 Å². The molecule has 4 aromatic rings. The highest BCUT2D eigenvalue weighted by Gasteiger charge is 2.31. The normalized spacial score (nSPS) is 15.9. The molecular formula is C21H17F4N7O2S2. The Kier molecular flexibility index (Phi) is 6.57. The molecule has 2 N–H and O–H groups in total. The topological polar surface area (TPSA) is 105 Å². The molecule has 1 atom stereocenters. The van der Waals surface area contributed by atoms with Crippen molar-refractivity contribution in [2.24, 2.45) is 0 Å². The van der Waals surface area contributed by atoms with E-state index in [2.05, 4.69) is 40.4 Å². The molecule has 1 aromatic carbocycles. The first kappa shape index (κ1) is 24.1. The van der Waals surface area contributed by atoms with Crippen LogP contribution >= 0.6 is 22.7 Å². The summed E-state index contributed by atoms with van der Waals surface area (Å²) in [4.78, 5) is 22.9. The fourth-order valence-corrected chi connectivity index (χ4v) is 5.40. The summed E-state index contributed by atoms with van der Waals surface area (Å²) in [5, 5.41) is 15.4. The number of fused-ring (bicyclic) bond motifs is 1. The molecule has 188 valence electrons. The van der Waals surface area contributed by atoms with Crippen molar-refractivity contribution in [2.45, 2.75) is 25.2 Å². The van der Waals surface area contributed by atoms with Crippen LogP contribution in [-0.4, -0.2) is 51.6 Å². The average Bonchev–Trinajstić information content (AvgIpc) is 3.52. The largest absolute Gasteiger partial charge is 0.573 e. The van der Waals surface area contributed by atoms with Crippen molar-refractivity contribution in [2.75, 3.05) is 28.6 Å². The van der Waals surface area contributed by atoms with Crippen LogP contribution in [0.25, 0.3) is 10.3 Å². The lowest BCUT2D eigenvalue weighted by Gasteiger charge is -2.14. The highest BCUT2D eigenvalue weighted by Crippen LogP contribution is 2.31. The fourth-order valence-electron chi connectivity index (χ4n) is 3.68. The minimum atomic E-state index is -4.81.